The Morgan fingerprint density at radius 3 is 1.55 bits per heavy atom. The summed E-state index contributed by atoms with van der Waals surface area (Å²) in [5.74, 6) is -1.05. The number of esters is 2. The Balaban J connectivity index is 1.57. The Morgan fingerprint density at radius 1 is 0.700 bits per heavy atom. The Hall–Kier alpha value is -3.43. The lowest BCUT2D eigenvalue weighted by Crippen LogP contribution is -2.38. The summed E-state index contributed by atoms with van der Waals surface area (Å²) in [6, 6.07) is 16.2. The number of ether oxygens (including phenoxy) is 5. The molecule has 0 unspecified atom stereocenters. The van der Waals surface area contributed by atoms with Crippen molar-refractivity contribution in [3.63, 3.8) is 0 Å². The SMILES string of the molecule is CC(C)(C)OC(=O)COCCN(CCOCC(=O)OC(C)(C)C)C(=O)OCC1c2ccccc2-c2ccccc21. The number of hydrogen-bond acceptors (Lipinski definition) is 8. The average molecular weight is 556 g/mol. The van der Waals surface area contributed by atoms with Gasteiger partial charge in [-0.2, -0.15) is 0 Å². The van der Waals surface area contributed by atoms with Gasteiger partial charge in [0.25, 0.3) is 0 Å². The molecule has 0 heterocycles. The molecule has 2 aromatic carbocycles. The van der Waals surface area contributed by atoms with E-state index in [4.69, 9.17) is 23.7 Å². The average Bonchev–Trinajstić information content (AvgIpc) is 3.18. The van der Waals surface area contributed by atoms with E-state index in [0.717, 1.165) is 22.3 Å². The van der Waals surface area contributed by atoms with Crippen LogP contribution in [0.3, 0.4) is 0 Å². The van der Waals surface area contributed by atoms with E-state index in [-0.39, 0.29) is 52.0 Å². The van der Waals surface area contributed by atoms with E-state index in [1.54, 1.807) is 41.5 Å². The third-order valence-corrected chi connectivity index (χ3v) is 5.89. The van der Waals surface area contributed by atoms with E-state index in [1.807, 2.05) is 24.3 Å². The van der Waals surface area contributed by atoms with Crippen LogP contribution in [0.2, 0.25) is 0 Å². The van der Waals surface area contributed by atoms with Crippen LogP contribution in [0.25, 0.3) is 11.1 Å². The normalized spacial score (nSPS) is 12.8. The number of hydrogen-bond donors (Lipinski definition) is 0. The summed E-state index contributed by atoms with van der Waals surface area (Å²) in [4.78, 5) is 38.5. The molecule has 1 aliphatic rings. The van der Waals surface area contributed by atoms with Gasteiger partial charge in [0.15, 0.2) is 0 Å². The van der Waals surface area contributed by atoms with Gasteiger partial charge in [0.2, 0.25) is 0 Å². The van der Waals surface area contributed by atoms with Gasteiger partial charge in [0, 0.05) is 19.0 Å². The maximum absolute atomic E-state index is 13.2. The molecule has 9 nitrogen and oxygen atoms in total. The monoisotopic (exact) mass is 555 g/mol. The molecule has 0 saturated carbocycles. The number of rotatable bonds is 12. The Morgan fingerprint density at radius 2 is 1.12 bits per heavy atom. The van der Waals surface area contributed by atoms with Gasteiger partial charge in [-0.25, -0.2) is 14.4 Å². The zero-order valence-corrected chi connectivity index (χ0v) is 24.4. The van der Waals surface area contributed by atoms with E-state index in [0.29, 0.717) is 0 Å². The van der Waals surface area contributed by atoms with Gasteiger partial charge >= 0.3 is 18.0 Å². The molecule has 9 heteroatoms. The highest BCUT2D eigenvalue weighted by molar-refractivity contribution is 5.79. The van der Waals surface area contributed by atoms with E-state index >= 15 is 0 Å². The minimum atomic E-state index is -0.612. The van der Waals surface area contributed by atoms with Crippen molar-refractivity contribution in [3.05, 3.63) is 59.7 Å². The summed E-state index contributed by atoms with van der Waals surface area (Å²) < 4.78 is 27.2. The van der Waals surface area contributed by atoms with E-state index in [1.165, 1.54) is 4.90 Å². The lowest BCUT2D eigenvalue weighted by molar-refractivity contribution is -0.160. The highest BCUT2D eigenvalue weighted by Crippen LogP contribution is 2.44. The van der Waals surface area contributed by atoms with Crippen LogP contribution in [0.5, 0.6) is 0 Å². The molecule has 0 fully saturated rings. The van der Waals surface area contributed by atoms with Crippen molar-refractivity contribution in [1.82, 2.24) is 4.90 Å². The lowest BCUT2D eigenvalue weighted by Gasteiger charge is -2.24. The molecule has 0 aliphatic heterocycles. The molecular formula is C31H41NO8. The van der Waals surface area contributed by atoms with Gasteiger partial charge in [0.1, 0.15) is 31.0 Å². The van der Waals surface area contributed by atoms with Crippen LogP contribution in [-0.2, 0) is 33.3 Å². The van der Waals surface area contributed by atoms with E-state index < -0.39 is 29.2 Å². The fraction of sp³-hybridized carbons (Fsp3) is 0.516. The number of nitrogens with zero attached hydrogens (tertiary/aromatic N) is 1. The molecule has 218 valence electrons. The minimum absolute atomic E-state index is 0.0787. The summed E-state index contributed by atoms with van der Waals surface area (Å²) in [5.41, 5.74) is 3.29. The first kappa shape index (κ1) is 31.1. The van der Waals surface area contributed by atoms with Crippen molar-refractivity contribution >= 4 is 18.0 Å². The number of amides is 1. The number of carbonyl (C=O) groups is 3. The molecule has 0 bridgehead atoms. The molecule has 1 aliphatic carbocycles. The molecule has 0 atom stereocenters. The molecule has 0 radical (unpaired) electrons. The summed E-state index contributed by atoms with van der Waals surface area (Å²) in [7, 11) is 0. The molecule has 0 spiro atoms. The fourth-order valence-corrected chi connectivity index (χ4v) is 4.38. The molecule has 1 amide bonds. The van der Waals surface area contributed by atoms with Crippen molar-refractivity contribution in [1.29, 1.82) is 0 Å². The van der Waals surface area contributed by atoms with Crippen LogP contribution in [-0.4, -0.2) is 80.3 Å². The van der Waals surface area contributed by atoms with Crippen LogP contribution in [0.1, 0.15) is 58.6 Å². The Kier molecular flexibility index (Phi) is 10.7. The minimum Gasteiger partial charge on any atom is -0.458 e. The summed E-state index contributed by atoms with van der Waals surface area (Å²) >= 11 is 0. The van der Waals surface area contributed by atoms with Crippen LogP contribution >= 0.6 is 0 Å². The van der Waals surface area contributed by atoms with E-state index in [2.05, 4.69) is 24.3 Å². The van der Waals surface area contributed by atoms with Crippen molar-refractivity contribution in [3.8, 4) is 11.1 Å². The smallest absolute Gasteiger partial charge is 0.409 e. The second-order valence-electron chi connectivity index (χ2n) is 11.6. The van der Waals surface area contributed by atoms with Crippen molar-refractivity contribution in [2.75, 3.05) is 46.1 Å². The molecule has 2 aromatic rings. The van der Waals surface area contributed by atoms with Gasteiger partial charge < -0.3 is 28.6 Å². The predicted molar refractivity (Wildman–Crippen MR) is 150 cm³/mol. The molecule has 0 N–H and O–H groups in total. The van der Waals surface area contributed by atoms with Crippen LogP contribution in [0.4, 0.5) is 4.79 Å². The maximum Gasteiger partial charge on any atom is 0.409 e. The van der Waals surface area contributed by atoms with Gasteiger partial charge in [-0.3, -0.25) is 0 Å². The lowest BCUT2D eigenvalue weighted by atomic mass is 9.98. The molecule has 40 heavy (non-hydrogen) atoms. The topological polar surface area (TPSA) is 101 Å². The number of fused-ring (bicyclic) bond motifs is 3. The zero-order valence-electron chi connectivity index (χ0n) is 24.4. The summed E-state index contributed by atoms with van der Waals surface area (Å²) in [6.07, 6.45) is -0.538. The third-order valence-electron chi connectivity index (χ3n) is 5.89. The highest BCUT2D eigenvalue weighted by atomic mass is 16.6. The third kappa shape index (κ3) is 9.64. The molecule has 3 rings (SSSR count). The van der Waals surface area contributed by atoms with Crippen LogP contribution < -0.4 is 0 Å². The van der Waals surface area contributed by atoms with Crippen LogP contribution in [0, 0.1) is 0 Å². The van der Waals surface area contributed by atoms with Gasteiger partial charge in [0.05, 0.1) is 13.2 Å². The molecular weight excluding hydrogens is 514 g/mol. The summed E-state index contributed by atoms with van der Waals surface area (Å²) in [6.45, 7) is 10.9. The van der Waals surface area contributed by atoms with E-state index in [9.17, 15) is 14.4 Å². The second-order valence-corrected chi connectivity index (χ2v) is 11.6. The number of carbonyl (C=O) groups excluding carboxylic acids is 3. The molecule has 0 saturated heterocycles. The number of benzene rings is 2. The Labute approximate surface area is 236 Å². The van der Waals surface area contributed by atoms with Crippen LogP contribution in [0.15, 0.2) is 48.5 Å². The quantitative estimate of drug-likeness (QED) is 0.206. The maximum atomic E-state index is 13.2. The van der Waals surface area contributed by atoms with Gasteiger partial charge in [-0.1, -0.05) is 48.5 Å². The fourth-order valence-electron chi connectivity index (χ4n) is 4.38. The largest absolute Gasteiger partial charge is 0.458 e. The van der Waals surface area contributed by atoms with Crippen molar-refractivity contribution in [2.24, 2.45) is 0 Å². The standard InChI is InChI=1S/C31H41NO8/c1-30(2,3)39-27(33)20-36-17-15-32(16-18-37-21-28(34)40-31(4,5)6)29(35)38-19-26-24-13-9-7-11-22(24)23-12-8-10-14-25(23)26/h7-14,26H,15-21H2,1-6H3. The second kappa shape index (κ2) is 13.8. The first-order chi connectivity index (χ1) is 18.8. The zero-order chi connectivity index (χ0) is 29.3. The van der Waals surface area contributed by atoms with Gasteiger partial charge in [-0.05, 0) is 63.8 Å². The highest BCUT2D eigenvalue weighted by Gasteiger charge is 2.30. The summed E-state index contributed by atoms with van der Waals surface area (Å²) in [5, 5.41) is 0. The first-order valence-electron chi connectivity index (χ1n) is 13.5. The van der Waals surface area contributed by atoms with Crippen molar-refractivity contribution < 1.29 is 38.1 Å². The predicted octanol–water partition coefficient (Wildman–Crippen LogP) is 4.95. The first-order valence-corrected chi connectivity index (χ1v) is 13.5. The molecule has 0 aromatic heterocycles. The Bertz CT molecular complexity index is 1080. The van der Waals surface area contributed by atoms with Crippen molar-refractivity contribution in [2.45, 2.75) is 58.7 Å². The van der Waals surface area contributed by atoms with Gasteiger partial charge in [-0.15, -0.1) is 0 Å².